The molecule has 0 bridgehead atoms. The number of hydrogen-bond acceptors (Lipinski definition) is 1. The lowest BCUT2D eigenvalue weighted by molar-refractivity contribution is 0.0787. The normalized spacial score (nSPS) is 22.8. The second-order valence-electron chi connectivity index (χ2n) is 27.3. The summed E-state index contributed by atoms with van der Waals surface area (Å²) >= 11 is 0. The van der Waals surface area contributed by atoms with Gasteiger partial charge in [-0.1, -0.05) is 166 Å². The van der Waals surface area contributed by atoms with Crippen LogP contribution >= 0.6 is 0 Å². The van der Waals surface area contributed by atoms with Crippen molar-refractivity contribution in [2.45, 2.75) is 189 Å². The average Bonchev–Trinajstić information content (AvgIpc) is 3.61. The molecule has 1 fully saturated rings. The van der Waals surface area contributed by atoms with Crippen LogP contribution in [0.4, 0.5) is 11.4 Å². The lowest BCUT2D eigenvalue weighted by Crippen LogP contribution is -2.63. The molecule has 4 aliphatic rings. The standard InChI is InChI=1S/C61H77BN2/c1-54(2,3)36-20-23-41(24-21-36)64-50-34-44-47(33-45(50)60(18)35-38(56(7,8)9)26-27-61(60,64)19)62-48-31-39(57(10,11)12)29-43-42-28-37(55(4,5)6)22-25-49(42)63(53(43)48)51-32-40(58(13,14)15)30-46(52(51)62)59(44,16)17/h20-25,28-34,38H,26-27,35H2,1-19H3. The van der Waals surface area contributed by atoms with Crippen molar-refractivity contribution in [3.63, 3.8) is 0 Å². The molecule has 0 spiro atoms. The molecule has 4 heterocycles. The second-order valence-corrected chi connectivity index (χ2v) is 27.3. The van der Waals surface area contributed by atoms with Crippen LogP contribution in [0.2, 0.25) is 0 Å². The van der Waals surface area contributed by atoms with Crippen molar-refractivity contribution in [2.75, 3.05) is 4.90 Å². The summed E-state index contributed by atoms with van der Waals surface area (Å²) in [7, 11) is 0. The SMILES string of the molecule is CC(C)(C)c1ccc(N2c3cc4c(cc3C3(C)CC(C(C)(C)C)CCC23C)B2c3c(cc(C(C)(C)C)cc3C4(C)C)-n3c4ccc(C(C)(C)C)cc4c4cc(C(C)(C)C)cc2c43)cc1. The lowest BCUT2D eigenvalue weighted by atomic mass is 9.30. The Balaban J connectivity index is 1.34. The van der Waals surface area contributed by atoms with E-state index in [4.69, 9.17) is 0 Å². The number of rotatable bonds is 1. The van der Waals surface area contributed by atoms with Gasteiger partial charge in [-0.25, -0.2) is 0 Å². The molecule has 3 heteroatoms. The number of nitrogens with zero attached hydrogens (tertiary/aromatic N) is 2. The summed E-state index contributed by atoms with van der Waals surface area (Å²) in [5.41, 5.74) is 21.5. The summed E-state index contributed by atoms with van der Waals surface area (Å²) < 4.78 is 2.70. The van der Waals surface area contributed by atoms with E-state index in [0.29, 0.717) is 5.92 Å². The predicted octanol–water partition coefficient (Wildman–Crippen LogP) is 14.5. The van der Waals surface area contributed by atoms with Gasteiger partial charge >= 0.3 is 0 Å². The Bertz CT molecular complexity index is 2940. The molecule has 0 amide bonds. The van der Waals surface area contributed by atoms with Crippen LogP contribution in [0.1, 0.15) is 190 Å². The van der Waals surface area contributed by atoms with Gasteiger partial charge in [0.25, 0.3) is 0 Å². The predicted molar refractivity (Wildman–Crippen MR) is 280 cm³/mol. The highest BCUT2D eigenvalue weighted by Gasteiger charge is 2.61. The molecular weight excluding hydrogens is 771 g/mol. The molecular formula is C61H77BN2. The fourth-order valence-electron chi connectivity index (χ4n) is 13.1. The summed E-state index contributed by atoms with van der Waals surface area (Å²) in [6, 6.07) is 33.0. The molecule has 0 N–H and O–H groups in total. The minimum absolute atomic E-state index is 0.0168. The number of fused-ring (bicyclic) bond motifs is 10. The van der Waals surface area contributed by atoms with E-state index in [-0.39, 0.29) is 50.2 Å². The minimum atomic E-state index is -0.238. The molecule has 1 saturated carbocycles. The molecule has 1 aromatic heterocycles. The minimum Gasteiger partial charge on any atom is -0.334 e. The molecule has 3 aliphatic heterocycles. The van der Waals surface area contributed by atoms with Crippen molar-refractivity contribution in [1.82, 2.24) is 4.57 Å². The van der Waals surface area contributed by atoms with E-state index in [1.54, 1.807) is 5.56 Å². The number of benzene rings is 5. The van der Waals surface area contributed by atoms with Crippen LogP contribution in [0, 0.1) is 11.3 Å². The lowest BCUT2D eigenvalue weighted by Gasteiger charge is -2.54. The third kappa shape index (κ3) is 5.96. The first kappa shape index (κ1) is 43.6. The molecule has 0 radical (unpaired) electrons. The first-order valence-electron chi connectivity index (χ1n) is 24.8. The largest absolute Gasteiger partial charge is 0.334 e. The maximum absolute atomic E-state index is 2.83. The van der Waals surface area contributed by atoms with Crippen LogP contribution in [0.25, 0.3) is 27.5 Å². The third-order valence-corrected chi connectivity index (χ3v) is 17.7. The Labute approximate surface area is 387 Å². The van der Waals surface area contributed by atoms with Gasteiger partial charge in [0.1, 0.15) is 0 Å². The van der Waals surface area contributed by atoms with E-state index >= 15 is 0 Å². The Hall–Kier alpha value is -4.24. The Morgan fingerprint density at radius 2 is 1.11 bits per heavy atom. The molecule has 10 rings (SSSR count). The van der Waals surface area contributed by atoms with Crippen LogP contribution in [0.15, 0.2) is 78.9 Å². The second kappa shape index (κ2) is 13.0. The molecule has 64 heavy (non-hydrogen) atoms. The monoisotopic (exact) mass is 849 g/mol. The van der Waals surface area contributed by atoms with E-state index in [0.717, 1.165) is 0 Å². The summed E-state index contributed by atoms with van der Waals surface area (Å²) in [5, 5.41) is 2.78. The van der Waals surface area contributed by atoms with Gasteiger partial charge in [-0.2, -0.15) is 0 Å². The van der Waals surface area contributed by atoms with E-state index in [9.17, 15) is 0 Å². The van der Waals surface area contributed by atoms with Gasteiger partial charge < -0.3 is 9.47 Å². The zero-order valence-electron chi connectivity index (χ0n) is 43.2. The molecule has 6 aromatic rings. The Morgan fingerprint density at radius 1 is 0.531 bits per heavy atom. The van der Waals surface area contributed by atoms with Gasteiger partial charge in [-0.05, 0) is 152 Å². The molecule has 3 atom stereocenters. The van der Waals surface area contributed by atoms with Gasteiger partial charge in [0.15, 0.2) is 0 Å². The summed E-state index contributed by atoms with van der Waals surface area (Å²) in [4.78, 5) is 2.83. The van der Waals surface area contributed by atoms with E-state index in [2.05, 4.69) is 220 Å². The van der Waals surface area contributed by atoms with Crippen molar-refractivity contribution >= 4 is 56.3 Å². The summed E-state index contributed by atoms with van der Waals surface area (Å²) in [5.74, 6) is 0.642. The van der Waals surface area contributed by atoms with E-state index in [1.807, 2.05) is 0 Å². The molecule has 1 aliphatic carbocycles. The number of anilines is 2. The third-order valence-electron chi connectivity index (χ3n) is 17.7. The van der Waals surface area contributed by atoms with Crippen molar-refractivity contribution in [3.05, 3.63) is 118 Å². The zero-order chi connectivity index (χ0) is 46.4. The molecule has 3 unspecified atom stereocenters. The average molecular weight is 849 g/mol. The maximum atomic E-state index is 2.83. The Morgan fingerprint density at radius 3 is 1.70 bits per heavy atom. The quantitative estimate of drug-likeness (QED) is 0.149. The molecule has 5 aromatic carbocycles. The van der Waals surface area contributed by atoms with Crippen LogP contribution in [-0.4, -0.2) is 16.8 Å². The topological polar surface area (TPSA) is 8.17 Å². The smallest absolute Gasteiger partial charge is 0.247 e. The van der Waals surface area contributed by atoms with Gasteiger partial charge in [-0.15, -0.1) is 0 Å². The summed E-state index contributed by atoms with van der Waals surface area (Å²) in [6.45, 7) is 46.4. The van der Waals surface area contributed by atoms with E-state index < -0.39 is 0 Å². The van der Waals surface area contributed by atoms with Gasteiger partial charge in [0, 0.05) is 44.2 Å². The first-order valence-corrected chi connectivity index (χ1v) is 24.8. The maximum Gasteiger partial charge on any atom is 0.247 e. The van der Waals surface area contributed by atoms with Crippen LogP contribution in [0.5, 0.6) is 0 Å². The van der Waals surface area contributed by atoms with Crippen molar-refractivity contribution in [3.8, 4) is 5.69 Å². The number of hydrogen-bond donors (Lipinski definition) is 0. The van der Waals surface area contributed by atoms with Crippen molar-refractivity contribution < 1.29 is 0 Å². The fourth-order valence-corrected chi connectivity index (χ4v) is 13.1. The highest BCUT2D eigenvalue weighted by molar-refractivity contribution is 6.99. The van der Waals surface area contributed by atoms with Crippen molar-refractivity contribution in [1.29, 1.82) is 0 Å². The van der Waals surface area contributed by atoms with Crippen LogP contribution in [-0.2, 0) is 32.5 Å². The van der Waals surface area contributed by atoms with Crippen LogP contribution in [0.3, 0.4) is 0 Å². The van der Waals surface area contributed by atoms with Gasteiger partial charge in [0.2, 0.25) is 6.71 Å². The van der Waals surface area contributed by atoms with Gasteiger partial charge in [-0.3, -0.25) is 0 Å². The van der Waals surface area contributed by atoms with Crippen LogP contribution < -0.4 is 21.3 Å². The molecule has 334 valence electrons. The van der Waals surface area contributed by atoms with E-state index in [1.165, 1.54) is 108 Å². The summed E-state index contributed by atoms with van der Waals surface area (Å²) in [6.07, 6.45) is 3.61. The molecule has 2 nitrogen and oxygen atoms in total. The fraction of sp³-hybridized carbons (Fsp3) is 0.508. The highest BCUT2D eigenvalue weighted by atomic mass is 15.3. The molecule has 0 saturated heterocycles. The zero-order valence-corrected chi connectivity index (χ0v) is 43.2. The first-order chi connectivity index (χ1) is 29.4. The number of aromatic nitrogens is 1. The highest BCUT2D eigenvalue weighted by Crippen LogP contribution is 2.64. The Kier molecular flexibility index (Phi) is 8.87. The van der Waals surface area contributed by atoms with Gasteiger partial charge in [0.05, 0.1) is 11.1 Å². The van der Waals surface area contributed by atoms with Crippen molar-refractivity contribution in [2.24, 2.45) is 11.3 Å².